The van der Waals surface area contributed by atoms with Crippen molar-refractivity contribution in [2.24, 2.45) is 0 Å². The minimum Gasteiger partial charge on any atom is -0.395 e. The van der Waals surface area contributed by atoms with Gasteiger partial charge in [0, 0.05) is 28.2 Å². The number of nitrogens with zero attached hydrogens (tertiary/aromatic N) is 1. The smallest absolute Gasteiger partial charge is 0.243 e. The average Bonchev–Trinajstić information content (AvgIpc) is 2.61. The fourth-order valence-corrected chi connectivity index (χ4v) is 4.20. The summed E-state index contributed by atoms with van der Waals surface area (Å²) in [4.78, 5) is 12.1. The number of rotatable bonds is 8. The molecule has 10 heteroatoms. The van der Waals surface area contributed by atoms with Crippen LogP contribution in [0.2, 0.25) is 15.1 Å². The van der Waals surface area contributed by atoms with Crippen molar-refractivity contribution >= 4 is 50.7 Å². The van der Waals surface area contributed by atoms with E-state index >= 15 is 0 Å². The van der Waals surface area contributed by atoms with Gasteiger partial charge in [0.2, 0.25) is 15.9 Å². The maximum Gasteiger partial charge on any atom is 0.243 e. The van der Waals surface area contributed by atoms with Gasteiger partial charge in [-0.1, -0.05) is 40.9 Å². The van der Waals surface area contributed by atoms with E-state index in [0.717, 1.165) is 4.31 Å². The molecule has 0 saturated carbocycles. The second-order valence-electron chi connectivity index (χ2n) is 5.54. The van der Waals surface area contributed by atoms with Crippen molar-refractivity contribution in [1.29, 1.82) is 0 Å². The Morgan fingerprint density at radius 3 is 2.26 bits per heavy atom. The molecule has 146 valence electrons. The number of hydrogen-bond acceptors (Lipinski definition) is 4. The number of nitrogens with one attached hydrogen (secondary N) is 1. The molecule has 0 fully saturated rings. The zero-order valence-electron chi connectivity index (χ0n) is 14.0. The molecule has 0 aliphatic heterocycles. The molecule has 0 radical (unpaired) electrons. The third-order valence-corrected chi connectivity index (χ3v) is 6.21. The lowest BCUT2D eigenvalue weighted by Gasteiger charge is -2.22. The molecule has 0 spiro atoms. The first-order chi connectivity index (χ1) is 12.7. The van der Waals surface area contributed by atoms with Gasteiger partial charge in [0.15, 0.2) is 0 Å². The number of carbonyl (C=O) groups is 1. The molecular formula is C17H17Cl3N2O4S. The lowest BCUT2D eigenvalue weighted by molar-refractivity contribution is -0.121. The summed E-state index contributed by atoms with van der Waals surface area (Å²) < 4.78 is 27.0. The van der Waals surface area contributed by atoms with Crippen molar-refractivity contribution in [3.05, 3.63) is 63.1 Å². The number of hydrogen-bond donors (Lipinski definition) is 2. The second-order valence-corrected chi connectivity index (χ2v) is 8.75. The predicted molar refractivity (Wildman–Crippen MR) is 106 cm³/mol. The normalized spacial score (nSPS) is 11.6. The van der Waals surface area contributed by atoms with Gasteiger partial charge in [-0.3, -0.25) is 4.79 Å². The van der Waals surface area contributed by atoms with Crippen LogP contribution in [0.3, 0.4) is 0 Å². The highest BCUT2D eigenvalue weighted by molar-refractivity contribution is 7.89. The summed E-state index contributed by atoms with van der Waals surface area (Å²) >= 11 is 17.9. The summed E-state index contributed by atoms with van der Waals surface area (Å²) in [6.45, 7) is -0.800. The SMILES string of the molecule is O=C(CN(Cc1ccc(Cl)cc1Cl)S(=O)(=O)c1ccc(Cl)cc1)NCCO. The van der Waals surface area contributed by atoms with Gasteiger partial charge >= 0.3 is 0 Å². The minimum absolute atomic E-state index is 0.00746. The highest BCUT2D eigenvalue weighted by Crippen LogP contribution is 2.25. The molecule has 6 nitrogen and oxygen atoms in total. The van der Waals surface area contributed by atoms with Gasteiger partial charge in [-0.2, -0.15) is 4.31 Å². The standard InChI is InChI=1S/C17H17Cl3N2O4S/c18-13-3-5-15(6-4-13)27(25,26)22(11-17(24)21-7-8-23)10-12-1-2-14(19)9-16(12)20/h1-6,9,23H,7-8,10-11H2,(H,21,24). The summed E-state index contributed by atoms with van der Waals surface area (Å²) in [5.41, 5.74) is 0.494. The van der Waals surface area contributed by atoms with Crippen LogP contribution in [0.5, 0.6) is 0 Å². The summed E-state index contributed by atoms with van der Waals surface area (Å²) in [6.07, 6.45) is 0. The third-order valence-electron chi connectivity index (χ3n) is 3.57. The molecule has 0 aromatic heterocycles. The van der Waals surface area contributed by atoms with Crippen LogP contribution in [-0.2, 0) is 21.4 Å². The van der Waals surface area contributed by atoms with Crippen LogP contribution < -0.4 is 5.32 Å². The maximum absolute atomic E-state index is 13.0. The molecule has 0 aliphatic carbocycles. The van der Waals surface area contributed by atoms with Crippen molar-refractivity contribution < 1.29 is 18.3 Å². The molecule has 0 aliphatic rings. The molecule has 2 aromatic rings. The van der Waals surface area contributed by atoms with E-state index in [0.29, 0.717) is 15.6 Å². The molecular weight excluding hydrogens is 435 g/mol. The first-order valence-electron chi connectivity index (χ1n) is 7.81. The predicted octanol–water partition coefficient (Wildman–Crippen LogP) is 2.95. The van der Waals surface area contributed by atoms with Crippen LogP contribution in [0.1, 0.15) is 5.56 Å². The number of amides is 1. The fraction of sp³-hybridized carbons (Fsp3) is 0.235. The Morgan fingerprint density at radius 2 is 1.67 bits per heavy atom. The molecule has 0 heterocycles. The molecule has 27 heavy (non-hydrogen) atoms. The van der Waals surface area contributed by atoms with E-state index in [1.54, 1.807) is 12.1 Å². The van der Waals surface area contributed by atoms with Crippen molar-refractivity contribution in [2.75, 3.05) is 19.7 Å². The number of sulfonamides is 1. The molecule has 0 unspecified atom stereocenters. The van der Waals surface area contributed by atoms with Crippen LogP contribution in [0.4, 0.5) is 0 Å². The van der Waals surface area contributed by atoms with Gasteiger partial charge < -0.3 is 10.4 Å². The molecule has 1 amide bonds. The van der Waals surface area contributed by atoms with E-state index < -0.39 is 22.5 Å². The van der Waals surface area contributed by atoms with Gasteiger partial charge in [-0.05, 0) is 42.0 Å². The number of aliphatic hydroxyl groups is 1. The zero-order chi connectivity index (χ0) is 20.0. The van der Waals surface area contributed by atoms with Gasteiger partial charge in [0.25, 0.3) is 0 Å². The van der Waals surface area contributed by atoms with Crippen molar-refractivity contribution in [3.8, 4) is 0 Å². The molecule has 0 atom stereocenters. The molecule has 2 rings (SSSR count). The first-order valence-corrected chi connectivity index (χ1v) is 10.4. The van der Waals surface area contributed by atoms with E-state index in [4.69, 9.17) is 39.9 Å². The highest BCUT2D eigenvalue weighted by Gasteiger charge is 2.27. The van der Waals surface area contributed by atoms with E-state index in [2.05, 4.69) is 5.32 Å². The lowest BCUT2D eigenvalue weighted by atomic mass is 10.2. The Labute approximate surface area is 172 Å². The summed E-state index contributed by atoms with van der Waals surface area (Å²) in [5.74, 6) is -0.549. The Kier molecular flexibility index (Phi) is 7.91. The lowest BCUT2D eigenvalue weighted by Crippen LogP contribution is -2.41. The van der Waals surface area contributed by atoms with Gasteiger partial charge in [-0.15, -0.1) is 0 Å². The molecule has 0 bridgehead atoms. The van der Waals surface area contributed by atoms with Gasteiger partial charge in [0.1, 0.15) is 0 Å². The summed E-state index contributed by atoms with van der Waals surface area (Å²) in [6, 6.07) is 10.3. The van der Waals surface area contributed by atoms with Crippen LogP contribution >= 0.6 is 34.8 Å². The third kappa shape index (κ3) is 6.07. The zero-order valence-corrected chi connectivity index (χ0v) is 17.1. The highest BCUT2D eigenvalue weighted by atomic mass is 35.5. The van der Waals surface area contributed by atoms with Crippen molar-refractivity contribution in [1.82, 2.24) is 9.62 Å². The van der Waals surface area contributed by atoms with Crippen LogP contribution in [-0.4, -0.2) is 43.4 Å². The quantitative estimate of drug-likeness (QED) is 0.646. The molecule has 2 aromatic carbocycles. The topological polar surface area (TPSA) is 86.7 Å². The fourth-order valence-electron chi connectivity index (χ4n) is 2.23. The Hall–Kier alpha value is -1.35. The van der Waals surface area contributed by atoms with E-state index in [1.165, 1.54) is 30.3 Å². The molecule has 2 N–H and O–H groups in total. The first kappa shape index (κ1) is 21.9. The van der Waals surface area contributed by atoms with Gasteiger partial charge in [-0.25, -0.2) is 8.42 Å². The van der Waals surface area contributed by atoms with E-state index in [1.807, 2.05) is 0 Å². The van der Waals surface area contributed by atoms with E-state index in [-0.39, 0.29) is 29.6 Å². The number of carbonyl (C=O) groups excluding carboxylic acids is 1. The Morgan fingerprint density at radius 1 is 1.04 bits per heavy atom. The van der Waals surface area contributed by atoms with Gasteiger partial charge in [0.05, 0.1) is 18.0 Å². The minimum atomic E-state index is -4.00. The maximum atomic E-state index is 13.0. The van der Waals surface area contributed by atoms with Crippen LogP contribution in [0.25, 0.3) is 0 Å². The Balaban J connectivity index is 2.36. The number of benzene rings is 2. The second kappa shape index (κ2) is 9.73. The summed E-state index contributed by atoms with van der Waals surface area (Å²) in [7, 11) is -4.00. The van der Waals surface area contributed by atoms with Crippen LogP contribution in [0.15, 0.2) is 47.4 Å². The van der Waals surface area contributed by atoms with Crippen molar-refractivity contribution in [2.45, 2.75) is 11.4 Å². The monoisotopic (exact) mass is 450 g/mol. The largest absolute Gasteiger partial charge is 0.395 e. The Bertz CT molecular complexity index is 905. The molecule has 0 saturated heterocycles. The summed E-state index contributed by atoms with van der Waals surface area (Å²) in [5, 5.41) is 12.3. The van der Waals surface area contributed by atoms with Crippen LogP contribution in [0, 0.1) is 0 Å². The average molecular weight is 452 g/mol. The number of aliphatic hydroxyl groups excluding tert-OH is 1. The van der Waals surface area contributed by atoms with E-state index in [9.17, 15) is 13.2 Å². The van der Waals surface area contributed by atoms with Crippen molar-refractivity contribution in [3.63, 3.8) is 0 Å². The number of halogens is 3.